The molecule has 1 saturated heterocycles. The van der Waals surface area contributed by atoms with Gasteiger partial charge in [0.05, 0.1) is 0 Å². The Kier molecular flexibility index (Phi) is 5.70. The maximum Gasteiger partial charge on any atom is -0.00206 e. The van der Waals surface area contributed by atoms with Crippen LogP contribution < -0.4 is 5.32 Å². The van der Waals surface area contributed by atoms with Crippen molar-refractivity contribution in [2.24, 2.45) is 11.8 Å². The lowest BCUT2D eigenvalue weighted by Crippen LogP contribution is -2.33. The second kappa shape index (κ2) is 5.72. The van der Waals surface area contributed by atoms with Gasteiger partial charge in [-0.3, -0.25) is 0 Å². The first-order chi connectivity index (χ1) is 4.80. The van der Waals surface area contributed by atoms with E-state index in [4.69, 9.17) is 0 Å². The van der Waals surface area contributed by atoms with Crippen LogP contribution in [-0.2, 0) is 0 Å². The Hall–Kier alpha value is -0.0400. The number of piperidine rings is 1. The molecular weight excluding hydrogens is 122 g/mol. The monoisotopic (exact) mass is 143 g/mol. The topological polar surface area (TPSA) is 12.0 Å². The number of rotatable bonds is 0. The lowest BCUT2D eigenvalue weighted by molar-refractivity contribution is 0.295. The van der Waals surface area contributed by atoms with Crippen LogP contribution in [0.5, 0.6) is 0 Å². The van der Waals surface area contributed by atoms with Gasteiger partial charge in [0.25, 0.3) is 0 Å². The fourth-order valence-corrected chi connectivity index (χ4v) is 1.15. The molecule has 0 aromatic carbocycles. The van der Waals surface area contributed by atoms with Crippen LogP contribution in [0.4, 0.5) is 0 Å². The Morgan fingerprint density at radius 3 is 2.00 bits per heavy atom. The fraction of sp³-hybridized carbons (Fsp3) is 1.00. The largest absolute Gasteiger partial charge is 0.316 e. The molecule has 1 heteroatoms. The van der Waals surface area contributed by atoms with E-state index in [0.29, 0.717) is 0 Å². The van der Waals surface area contributed by atoms with Crippen LogP contribution in [0, 0.1) is 11.8 Å². The lowest BCUT2D eigenvalue weighted by Gasteiger charge is -2.25. The summed E-state index contributed by atoms with van der Waals surface area (Å²) >= 11 is 0. The van der Waals surface area contributed by atoms with E-state index < -0.39 is 0 Å². The first kappa shape index (κ1) is 9.96. The second-order valence-corrected chi connectivity index (χ2v) is 2.95. The molecule has 0 radical (unpaired) electrons. The van der Waals surface area contributed by atoms with Gasteiger partial charge in [-0.05, 0) is 31.3 Å². The summed E-state index contributed by atoms with van der Waals surface area (Å²) in [5, 5.41) is 3.36. The summed E-state index contributed by atoms with van der Waals surface area (Å²) in [5.74, 6) is 1.83. The van der Waals surface area contributed by atoms with Crippen LogP contribution in [-0.4, -0.2) is 13.1 Å². The molecule has 1 N–H and O–H groups in total. The van der Waals surface area contributed by atoms with Crippen LogP contribution in [0.25, 0.3) is 0 Å². The van der Waals surface area contributed by atoms with Gasteiger partial charge in [0.1, 0.15) is 0 Å². The van der Waals surface area contributed by atoms with Crippen molar-refractivity contribution in [3.8, 4) is 0 Å². The van der Waals surface area contributed by atoms with E-state index in [-0.39, 0.29) is 0 Å². The molecule has 1 heterocycles. The van der Waals surface area contributed by atoms with Gasteiger partial charge < -0.3 is 5.32 Å². The van der Waals surface area contributed by atoms with Crippen molar-refractivity contribution < 1.29 is 0 Å². The molecule has 1 fully saturated rings. The van der Waals surface area contributed by atoms with Gasteiger partial charge in [-0.25, -0.2) is 0 Å². The maximum absolute atomic E-state index is 3.36. The molecule has 2 atom stereocenters. The van der Waals surface area contributed by atoms with Crippen LogP contribution in [0.3, 0.4) is 0 Å². The standard InChI is InChI=1S/C7H15N.C2H6/c1-6-3-4-8-5-7(6)2;1-2/h6-8H,3-5H2,1-2H3;1-2H3/t6-,7-;/m1./s1. The minimum absolute atomic E-state index is 0.892. The first-order valence-electron chi connectivity index (χ1n) is 4.51. The zero-order valence-corrected chi connectivity index (χ0v) is 7.78. The summed E-state index contributed by atoms with van der Waals surface area (Å²) in [6.07, 6.45) is 1.36. The highest BCUT2D eigenvalue weighted by molar-refractivity contribution is 4.70. The summed E-state index contributed by atoms with van der Waals surface area (Å²) in [5.41, 5.74) is 0. The van der Waals surface area contributed by atoms with E-state index in [0.717, 1.165) is 11.8 Å². The third-order valence-electron chi connectivity index (χ3n) is 2.21. The normalized spacial score (nSPS) is 32.4. The van der Waals surface area contributed by atoms with Crippen molar-refractivity contribution in [2.45, 2.75) is 34.1 Å². The van der Waals surface area contributed by atoms with Gasteiger partial charge in [0, 0.05) is 0 Å². The van der Waals surface area contributed by atoms with Crippen molar-refractivity contribution >= 4 is 0 Å². The quantitative estimate of drug-likeness (QED) is 0.548. The molecule has 1 aliphatic rings. The van der Waals surface area contributed by atoms with Crippen LogP contribution in [0.1, 0.15) is 34.1 Å². The van der Waals surface area contributed by atoms with E-state index >= 15 is 0 Å². The number of hydrogen-bond donors (Lipinski definition) is 1. The van der Waals surface area contributed by atoms with Crippen LogP contribution in [0.15, 0.2) is 0 Å². The predicted octanol–water partition coefficient (Wildman–Crippen LogP) is 2.28. The summed E-state index contributed by atoms with van der Waals surface area (Å²) in [6, 6.07) is 0. The summed E-state index contributed by atoms with van der Waals surface area (Å²) in [4.78, 5) is 0. The third kappa shape index (κ3) is 3.21. The highest BCUT2D eigenvalue weighted by atomic mass is 14.9. The van der Waals surface area contributed by atoms with Crippen LogP contribution in [0.2, 0.25) is 0 Å². The lowest BCUT2D eigenvalue weighted by atomic mass is 9.90. The molecule has 0 aromatic rings. The highest BCUT2D eigenvalue weighted by Crippen LogP contribution is 2.16. The Balaban J connectivity index is 0.000000371. The van der Waals surface area contributed by atoms with E-state index in [1.807, 2.05) is 13.8 Å². The molecular formula is C9H21N. The Morgan fingerprint density at radius 1 is 1.10 bits per heavy atom. The van der Waals surface area contributed by atoms with E-state index in [1.54, 1.807) is 0 Å². The summed E-state index contributed by atoms with van der Waals surface area (Å²) in [6.45, 7) is 11.1. The molecule has 10 heavy (non-hydrogen) atoms. The molecule has 62 valence electrons. The van der Waals surface area contributed by atoms with Gasteiger partial charge >= 0.3 is 0 Å². The zero-order chi connectivity index (χ0) is 7.98. The maximum atomic E-state index is 3.36. The minimum Gasteiger partial charge on any atom is -0.316 e. The van der Waals surface area contributed by atoms with Gasteiger partial charge in [-0.1, -0.05) is 27.7 Å². The molecule has 0 spiro atoms. The second-order valence-electron chi connectivity index (χ2n) is 2.95. The Morgan fingerprint density at radius 2 is 1.70 bits per heavy atom. The van der Waals surface area contributed by atoms with Gasteiger partial charge in [0.15, 0.2) is 0 Å². The van der Waals surface area contributed by atoms with Crippen molar-refractivity contribution in [2.75, 3.05) is 13.1 Å². The molecule has 0 aliphatic carbocycles. The average molecular weight is 143 g/mol. The average Bonchev–Trinajstić information content (AvgIpc) is 2.00. The molecule has 0 amide bonds. The molecule has 0 aromatic heterocycles. The molecule has 1 rings (SSSR count). The molecule has 0 unspecified atom stereocenters. The molecule has 0 bridgehead atoms. The Labute approximate surface area is 65.2 Å². The van der Waals surface area contributed by atoms with Gasteiger partial charge in [-0.15, -0.1) is 0 Å². The van der Waals surface area contributed by atoms with Gasteiger partial charge in [-0.2, -0.15) is 0 Å². The van der Waals surface area contributed by atoms with Crippen molar-refractivity contribution in [3.63, 3.8) is 0 Å². The predicted molar refractivity (Wildman–Crippen MR) is 47.2 cm³/mol. The zero-order valence-electron chi connectivity index (χ0n) is 7.78. The molecule has 1 aliphatic heterocycles. The van der Waals surface area contributed by atoms with Crippen molar-refractivity contribution in [1.82, 2.24) is 5.32 Å². The van der Waals surface area contributed by atoms with Crippen molar-refractivity contribution in [1.29, 1.82) is 0 Å². The molecule has 0 saturated carbocycles. The highest BCUT2D eigenvalue weighted by Gasteiger charge is 2.14. The molecule has 1 nitrogen and oxygen atoms in total. The minimum atomic E-state index is 0.892. The van der Waals surface area contributed by atoms with E-state index in [1.165, 1.54) is 19.5 Å². The van der Waals surface area contributed by atoms with E-state index in [9.17, 15) is 0 Å². The number of hydrogen-bond acceptors (Lipinski definition) is 1. The summed E-state index contributed by atoms with van der Waals surface area (Å²) < 4.78 is 0. The third-order valence-corrected chi connectivity index (χ3v) is 2.21. The van der Waals surface area contributed by atoms with Gasteiger partial charge in [0.2, 0.25) is 0 Å². The smallest absolute Gasteiger partial charge is 0.00206 e. The number of nitrogens with one attached hydrogen (secondary N) is 1. The van der Waals surface area contributed by atoms with Crippen LogP contribution >= 0.6 is 0 Å². The first-order valence-corrected chi connectivity index (χ1v) is 4.51. The SMILES string of the molecule is CC.C[C@@H]1CCNC[C@H]1C. The summed E-state index contributed by atoms with van der Waals surface area (Å²) in [7, 11) is 0. The Bertz CT molecular complexity index is 61.1. The van der Waals surface area contributed by atoms with Crippen molar-refractivity contribution in [3.05, 3.63) is 0 Å². The fourth-order valence-electron chi connectivity index (χ4n) is 1.15. The van der Waals surface area contributed by atoms with E-state index in [2.05, 4.69) is 19.2 Å².